The Morgan fingerprint density at radius 1 is 1.00 bits per heavy atom. The lowest BCUT2D eigenvalue weighted by Gasteiger charge is -2.31. The number of para-hydroxylation sites is 1. The second-order valence-electron chi connectivity index (χ2n) is 8.02. The monoisotopic (exact) mass is 457 g/mol. The van der Waals surface area contributed by atoms with Gasteiger partial charge in [-0.05, 0) is 65.4 Å². The molecule has 4 nitrogen and oxygen atoms in total. The highest BCUT2D eigenvalue weighted by Crippen LogP contribution is 2.37. The van der Waals surface area contributed by atoms with Crippen molar-refractivity contribution in [3.63, 3.8) is 0 Å². The van der Waals surface area contributed by atoms with Crippen molar-refractivity contribution in [1.82, 2.24) is 14.8 Å². The van der Waals surface area contributed by atoms with E-state index in [4.69, 9.17) is 0 Å². The number of hydrogen-bond donors (Lipinski definition) is 1. The maximum atomic E-state index is 13.6. The zero-order valence-corrected chi connectivity index (χ0v) is 19.1. The molecule has 1 unspecified atom stereocenters. The summed E-state index contributed by atoms with van der Waals surface area (Å²) in [5, 5.41) is 3.04. The van der Waals surface area contributed by atoms with Gasteiger partial charge in [-0.2, -0.15) is 0 Å². The number of carbonyl (C=O) groups excluding carboxylic acids is 1. The first-order valence-corrected chi connectivity index (χ1v) is 12.0. The van der Waals surface area contributed by atoms with Gasteiger partial charge in [0.05, 0.1) is 18.3 Å². The van der Waals surface area contributed by atoms with Crippen LogP contribution in [0.1, 0.15) is 28.4 Å². The van der Waals surface area contributed by atoms with Gasteiger partial charge in [0.2, 0.25) is 0 Å². The van der Waals surface area contributed by atoms with Gasteiger partial charge in [-0.1, -0.05) is 42.5 Å². The molecule has 6 heteroatoms. The molecule has 1 aliphatic heterocycles. The molecule has 0 aliphatic carbocycles. The molecule has 1 N–H and O–H groups in total. The second-order valence-corrected chi connectivity index (χ2v) is 8.90. The minimum absolute atomic E-state index is 0.164. The Kier molecular flexibility index (Phi) is 5.92. The number of urea groups is 1. The molecule has 0 radical (unpaired) electrons. The first-order chi connectivity index (χ1) is 16.1. The molecule has 0 fully saturated rings. The number of nitrogens with one attached hydrogen (secondary N) is 1. The highest BCUT2D eigenvalue weighted by molar-refractivity contribution is 7.98. The Bertz CT molecular complexity index is 1270. The van der Waals surface area contributed by atoms with Crippen LogP contribution in [0.25, 0.3) is 5.69 Å². The molecule has 3 aromatic carbocycles. The topological polar surface area (TPSA) is 37.3 Å². The first-order valence-electron chi connectivity index (χ1n) is 10.8. The summed E-state index contributed by atoms with van der Waals surface area (Å²) >= 11 is 1.69. The fraction of sp³-hybridized carbons (Fsp3) is 0.148. The summed E-state index contributed by atoms with van der Waals surface area (Å²) in [6, 6.07) is 26.5. The molecule has 0 saturated carbocycles. The normalized spacial score (nSPS) is 14.8. The second kappa shape index (κ2) is 9.16. The van der Waals surface area contributed by atoms with E-state index in [0.717, 1.165) is 28.1 Å². The molecule has 1 aliphatic rings. The largest absolute Gasteiger partial charge is 0.334 e. The predicted molar refractivity (Wildman–Crippen MR) is 130 cm³/mol. The van der Waals surface area contributed by atoms with Crippen LogP contribution in [0.5, 0.6) is 0 Å². The Hall–Kier alpha value is -3.51. The van der Waals surface area contributed by atoms with Crippen LogP contribution in [-0.4, -0.2) is 21.8 Å². The summed E-state index contributed by atoms with van der Waals surface area (Å²) in [6.07, 6.45) is 4.11. The summed E-state index contributed by atoms with van der Waals surface area (Å²) in [4.78, 5) is 16.6. The number of thioether (sulfide) groups is 1. The number of benzene rings is 3. The van der Waals surface area contributed by atoms with Crippen molar-refractivity contribution in [2.24, 2.45) is 0 Å². The number of aromatic nitrogens is 1. The van der Waals surface area contributed by atoms with Crippen molar-refractivity contribution >= 4 is 17.8 Å². The number of carbonyl (C=O) groups is 1. The van der Waals surface area contributed by atoms with Gasteiger partial charge in [0, 0.05) is 23.3 Å². The van der Waals surface area contributed by atoms with E-state index in [2.05, 4.69) is 64.8 Å². The van der Waals surface area contributed by atoms with Gasteiger partial charge >= 0.3 is 6.03 Å². The molecule has 33 heavy (non-hydrogen) atoms. The van der Waals surface area contributed by atoms with Gasteiger partial charge < -0.3 is 14.8 Å². The first kappa shape index (κ1) is 21.3. The van der Waals surface area contributed by atoms with Crippen LogP contribution in [0.4, 0.5) is 9.18 Å². The Morgan fingerprint density at radius 2 is 1.76 bits per heavy atom. The van der Waals surface area contributed by atoms with E-state index < -0.39 is 0 Å². The number of hydrogen-bond acceptors (Lipinski definition) is 2. The molecule has 4 aromatic rings. The Labute approximate surface area is 197 Å². The van der Waals surface area contributed by atoms with Crippen molar-refractivity contribution in [3.8, 4) is 5.69 Å². The van der Waals surface area contributed by atoms with Crippen LogP contribution >= 0.6 is 11.8 Å². The third-order valence-electron chi connectivity index (χ3n) is 6.01. The number of amides is 2. The van der Waals surface area contributed by atoms with E-state index in [1.807, 2.05) is 23.1 Å². The van der Waals surface area contributed by atoms with Gasteiger partial charge in [0.1, 0.15) is 5.82 Å². The molecule has 166 valence electrons. The standard InChI is InChI=1S/C27H24FN3OS/c1-33-23-14-10-20(11-15-23)26-25-7-4-16-30(25)24-6-3-2-5-21(24)18-31(26)27(32)29-17-19-8-12-22(28)13-9-19/h2-16,26H,17-18H2,1H3,(H,29,32). The number of halogens is 1. The third kappa shape index (κ3) is 4.26. The molecule has 0 bridgehead atoms. The summed E-state index contributed by atoms with van der Waals surface area (Å²) in [5.41, 5.74) is 5.10. The summed E-state index contributed by atoms with van der Waals surface area (Å²) in [5.74, 6) is -0.288. The smallest absolute Gasteiger partial charge is 0.318 e. The van der Waals surface area contributed by atoms with Crippen LogP contribution in [0, 0.1) is 5.82 Å². The quantitative estimate of drug-likeness (QED) is 0.373. The van der Waals surface area contributed by atoms with Crippen molar-refractivity contribution in [1.29, 1.82) is 0 Å². The molecular weight excluding hydrogens is 433 g/mol. The molecule has 5 rings (SSSR count). The third-order valence-corrected chi connectivity index (χ3v) is 6.76. The number of nitrogens with zero attached hydrogens (tertiary/aromatic N) is 2. The lowest BCUT2D eigenvalue weighted by atomic mass is 10.0. The van der Waals surface area contributed by atoms with E-state index in [1.54, 1.807) is 23.9 Å². The minimum Gasteiger partial charge on any atom is -0.334 e. The molecular formula is C27H24FN3OS. The van der Waals surface area contributed by atoms with E-state index in [-0.39, 0.29) is 17.9 Å². The predicted octanol–water partition coefficient (Wildman–Crippen LogP) is 6.15. The van der Waals surface area contributed by atoms with E-state index in [1.165, 1.54) is 17.0 Å². The molecule has 0 saturated heterocycles. The molecule has 0 spiro atoms. The summed E-state index contributed by atoms with van der Waals surface area (Å²) in [6.45, 7) is 0.804. The zero-order valence-electron chi connectivity index (χ0n) is 18.2. The average Bonchev–Trinajstić information content (AvgIpc) is 3.28. The van der Waals surface area contributed by atoms with Gasteiger partial charge in [0.15, 0.2) is 0 Å². The summed E-state index contributed by atoms with van der Waals surface area (Å²) < 4.78 is 15.4. The number of fused-ring (bicyclic) bond motifs is 3. The number of rotatable bonds is 4. The van der Waals surface area contributed by atoms with Gasteiger partial charge in [-0.25, -0.2) is 9.18 Å². The van der Waals surface area contributed by atoms with E-state index >= 15 is 0 Å². The Morgan fingerprint density at radius 3 is 2.52 bits per heavy atom. The lowest BCUT2D eigenvalue weighted by Crippen LogP contribution is -2.41. The molecule has 2 amide bonds. The molecule has 2 heterocycles. The van der Waals surface area contributed by atoms with Crippen LogP contribution in [0.3, 0.4) is 0 Å². The van der Waals surface area contributed by atoms with E-state index in [0.29, 0.717) is 13.1 Å². The Balaban J connectivity index is 1.54. The van der Waals surface area contributed by atoms with Crippen molar-refractivity contribution in [2.45, 2.75) is 24.0 Å². The lowest BCUT2D eigenvalue weighted by molar-refractivity contribution is 0.180. The highest BCUT2D eigenvalue weighted by Gasteiger charge is 2.32. The highest BCUT2D eigenvalue weighted by atomic mass is 32.2. The maximum Gasteiger partial charge on any atom is 0.318 e. The van der Waals surface area contributed by atoms with E-state index in [9.17, 15) is 9.18 Å². The van der Waals surface area contributed by atoms with Gasteiger partial charge in [-0.3, -0.25) is 0 Å². The van der Waals surface area contributed by atoms with Crippen LogP contribution in [0.15, 0.2) is 96.0 Å². The fourth-order valence-corrected chi connectivity index (χ4v) is 4.77. The zero-order chi connectivity index (χ0) is 22.8. The van der Waals surface area contributed by atoms with Crippen LogP contribution in [0.2, 0.25) is 0 Å². The van der Waals surface area contributed by atoms with Gasteiger partial charge in [0.25, 0.3) is 0 Å². The van der Waals surface area contributed by atoms with Crippen molar-refractivity contribution in [3.05, 3.63) is 119 Å². The SMILES string of the molecule is CSc1ccc(C2c3cccn3-c3ccccc3CN2C(=O)NCc2ccc(F)cc2)cc1. The maximum absolute atomic E-state index is 13.6. The summed E-state index contributed by atoms with van der Waals surface area (Å²) in [7, 11) is 0. The van der Waals surface area contributed by atoms with Crippen LogP contribution in [-0.2, 0) is 13.1 Å². The molecule has 1 atom stereocenters. The average molecular weight is 458 g/mol. The van der Waals surface area contributed by atoms with Crippen molar-refractivity contribution in [2.75, 3.05) is 6.26 Å². The fourth-order valence-electron chi connectivity index (χ4n) is 4.36. The van der Waals surface area contributed by atoms with Crippen molar-refractivity contribution < 1.29 is 9.18 Å². The van der Waals surface area contributed by atoms with Crippen LogP contribution < -0.4 is 5.32 Å². The molecule has 1 aromatic heterocycles. The van der Waals surface area contributed by atoms with Gasteiger partial charge in [-0.15, -0.1) is 11.8 Å². The minimum atomic E-state index is -0.288.